The van der Waals surface area contributed by atoms with Crippen LogP contribution in [0.1, 0.15) is 17.3 Å². The van der Waals surface area contributed by atoms with E-state index in [1.165, 1.54) is 31.2 Å². The monoisotopic (exact) mass is 195 g/mol. The Morgan fingerprint density at radius 1 is 1.23 bits per heavy atom. The highest BCUT2D eigenvalue weighted by Crippen LogP contribution is 2.12. The average molecular weight is 195 g/mol. The number of carbonyl (C=O) groups excluding carboxylic acids is 2. The zero-order chi connectivity index (χ0) is 9.84. The predicted molar refractivity (Wildman–Crippen MR) is 49.4 cm³/mol. The largest absolute Gasteiger partial charge is 0.737 e. The van der Waals surface area contributed by atoms with Crippen LogP contribution in [0.15, 0.2) is 24.3 Å². The quantitative estimate of drug-likeness (QED) is 0.405. The number of carbonyl (C=O) groups is 2. The molecular weight excluding hydrogens is 188 g/mol. The first-order chi connectivity index (χ1) is 6.09. The van der Waals surface area contributed by atoms with Crippen molar-refractivity contribution in [3.63, 3.8) is 0 Å². The summed E-state index contributed by atoms with van der Waals surface area (Å²) in [4.78, 5) is 21.2. The number of benzene rings is 1. The summed E-state index contributed by atoms with van der Waals surface area (Å²) >= 11 is 4.43. The van der Waals surface area contributed by atoms with Crippen molar-refractivity contribution in [1.29, 1.82) is 0 Å². The van der Waals surface area contributed by atoms with Gasteiger partial charge in [-0.2, -0.15) is 0 Å². The second kappa shape index (κ2) is 4.00. The molecule has 0 heterocycles. The molecule has 0 unspecified atom stereocenters. The lowest BCUT2D eigenvalue weighted by Crippen LogP contribution is -2.01. The maximum atomic E-state index is 10.7. The standard InChI is InChI=1S/C9H8O3S/c1-6(10)12-8-4-2-7(3-5-8)9(11)13/h2-5H,1H3,(H,11,13)/p-1. The van der Waals surface area contributed by atoms with Gasteiger partial charge in [0, 0.05) is 12.0 Å². The van der Waals surface area contributed by atoms with Gasteiger partial charge >= 0.3 is 5.97 Å². The number of hydrogen-bond donors (Lipinski definition) is 0. The van der Waals surface area contributed by atoms with Crippen LogP contribution in [0.5, 0.6) is 5.75 Å². The van der Waals surface area contributed by atoms with Crippen LogP contribution in [0, 0.1) is 0 Å². The topological polar surface area (TPSA) is 43.4 Å². The van der Waals surface area contributed by atoms with Gasteiger partial charge in [-0.15, -0.1) is 0 Å². The summed E-state index contributed by atoms with van der Waals surface area (Å²) in [6.07, 6.45) is 0. The minimum Gasteiger partial charge on any atom is -0.737 e. The molecular formula is C9H7O3S-. The Labute approximate surface area is 81.1 Å². The molecule has 1 aromatic rings. The van der Waals surface area contributed by atoms with Crippen molar-refractivity contribution in [3.05, 3.63) is 29.8 Å². The number of esters is 1. The molecule has 0 saturated heterocycles. The first-order valence-electron chi connectivity index (χ1n) is 3.59. The molecule has 68 valence electrons. The minimum absolute atomic E-state index is 0.391. The van der Waals surface area contributed by atoms with Gasteiger partial charge < -0.3 is 22.2 Å². The van der Waals surface area contributed by atoms with Crippen LogP contribution in [-0.4, -0.2) is 11.1 Å². The van der Waals surface area contributed by atoms with E-state index in [-0.39, 0.29) is 0 Å². The molecule has 0 bridgehead atoms. The Bertz CT molecular complexity index is 329. The van der Waals surface area contributed by atoms with Gasteiger partial charge in [0.15, 0.2) is 0 Å². The second-order valence-electron chi connectivity index (χ2n) is 2.41. The highest BCUT2D eigenvalue weighted by Gasteiger charge is 1.97. The van der Waals surface area contributed by atoms with Crippen molar-refractivity contribution in [1.82, 2.24) is 0 Å². The van der Waals surface area contributed by atoms with Crippen LogP contribution in [0.4, 0.5) is 0 Å². The van der Waals surface area contributed by atoms with Crippen LogP contribution < -0.4 is 4.74 Å². The van der Waals surface area contributed by atoms with Crippen molar-refractivity contribution in [3.8, 4) is 5.75 Å². The van der Waals surface area contributed by atoms with Crippen LogP contribution in [0.3, 0.4) is 0 Å². The summed E-state index contributed by atoms with van der Waals surface area (Å²) in [6.45, 7) is 1.31. The van der Waals surface area contributed by atoms with Crippen molar-refractivity contribution in [2.45, 2.75) is 6.92 Å². The molecule has 4 heteroatoms. The maximum absolute atomic E-state index is 10.7. The Kier molecular flexibility index (Phi) is 2.97. The summed E-state index contributed by atoms with van der Waals surface area (Å²) in [5.74, 6) is 0.0185. The van der Waals surface area contributed by atoms with E-state index in [4.69, 9.17) is 4.74 Å². The van der Waals surface area contributed by atoms with Gasteiger partial charge in [0.05, 0.1) is 0 Å². The van der Waals surface area contributed by atoms with E-state index in [9.17, 15) is 9.59 Å². The maximum Gasteiger partial charge on any atom is 0.308 e. The Morgan fingerprint density at radius 2 is 1.77 bits per heavy atom. The average Bonchev–Trinajstić information content (AvgIpc) is 2.04. The molecule has 0 aliphatic heterocycles. The molecule has 3 nitrogen and oxygen atoms in total. The molecule has 0 fully saturated rings. The highest BCUT2D eigenvalue weighted by molar-refractivity contribution is 7.77. The third kappa shape index (κ3) is 2.83. The Balaban J connectivity index is 2.81. The molecule has 0 amide bonds. The van der Waals surface area contributed by atoms with E-state index < -0.39 is 11.1 Å². The van der Waals surface area contributed by atoms with E-state index in [0.29, 0.717) is 11.3 Å². The molecule has 0 saturated carbocycles. The van der Waals surface area contributed by atoms with Gasteiger partial charge in [-0.05, 0) is 29.8 Å². The molecule has 1 rings (SSSR count). The second-order valence-corrected chi connectivity index (χ2v) is 2.78. The summed E-state index contributed by atoms with van der Waals surface area (Å²) in [6, 6.07) is 6.10. The molecule has 0 aliphatic carbocycles. The van der Waals surface area contributed by atoms with Crippen LogP contribution >= 0.6 is 0 Å². The summed E-state index contributed by atoms with van der Waals surface area (Å²) in [5, 5.41) is -0.422. The smallest absolute Gasteiger partial charge is 0.308 e. The lowest BCUT2D eigenvalue weighted by molar-refractivity contribution is -0.131. The first kappa shape index (κ1) is 9.67. The zero-order valence-electron chi connectivity index (χ0n) is 6.94. The van der Waals surface area contributed by atoms with Gasteiger partial charge in [0.2, 0.25) is 0 Å². The molecule has 0 atom stereocenters. The Morgan fingerprint density at radius 3 is 2.15 bits per heavy atom. The molecule has 0 aliphatic rings. The molecule has 0 aromatic heterocycles. The van der Waals surface area contributed by atoms with Crippen molar-refractivity contribution in [2.75, 3.05) is 0 Å². The van der Waals surface area contributed by atoms with E-state index >= 15 is 0 Å². The predicted octanol–water partition coefficient (Wildman–Crippen LogP) is 1.30. The van der Waals surface area contributed by atoms with E-state index in [2.05, 4.69) is 12.6 Å². The third-order valence-corrected chi connectivity index (χ3v) is 1.59. The number of ether oxygens (including phenoxy) is 1. The lowest BCUT2D eigenvalue weighted by Gasteiger charge is -2.04. The summed E-state index contributed by atoms with van der Waals surface area (Å²) in [7, 11) is 0. The highest BCUT2D eigenvalue weighted by atomic mass is 32.1. The fourth-order valence-corrected chi connectivity index (χ4v) is 0.961. The van der Waals surface area contributed by atoms with Gasteiger partial charge in [0.1, 0.15) is 5.75 Å². The molecule has 1 aromatic carbocycles. The third-order valence-electron chi connectivity index (χ3n) is 1.35. The fourth-order valence-electron chi connectivity index (χ4n) is 0.825. The van der Waals surface area contributed by atoms with Gasteiger partial charge in [-0.25, -0.2) is 0 Å². The van der Waals surface area contributed by atoms with Crippen molar-refractivity contribution >= 4 is 23.7 Å². The van der Waals surface area contributed by atoms with Crippen LogP contribution in [-0.2, 0) is 17.4 Å². The van der Waals surface area contributed by atoms with E-state index in [1.807, 2.05) is 0 Å². The van der Waals surface area contributed by atoms with Gasteiger partial charge in [-0.1, -0.05) is 0 Å². The van der Waals surface area contributed by atoms with Crippen molar-refractivity contribution in [2.24, 2.45) is 0 Å². The number of hydrogen-bond acceptors (Lipinski definition) is 4. The Hall–Kier alpha value is -1.42. The van der Waals surface area contributed by atoms with Crippen LogP contribution in [0.25, 0.3) is 0 Å². The molecule has 0 spiro atoms. The van der Waals surface area contributed by atoms with Crippen molar-refractivity contribution < 1.29 is 14.3 Å². The number of rotatable bonds is 2. The summed E-state index contributed by atoms with van der Waals surface area (Å²) in [5.41, 5.74) is 0.422. The summed E-state index contributed by atoms with van der Waals surface area (Å²) < 4.78 is 4.76. The zero-order valence-corrected chi connectivity index (χ0v) is 7.76. The van der Waals surface area contributed by atoms with Crippen LogP contribution in [0.2, 0.25) is 0 Å². The molecule has 0 radical (unpaired) electrons. The first-order valence-corrected chi connectivity index (χ1v) is 4.00. The van der Waals surface area contributed by atoms with E-state index in [1.54, 1.807) is 0 Å². The fraction of sp³-hybridized carbons (Fsp3) is 0.111. The molecule has 13 heavy (non-hydrogen) atoms. The van der Waals surface area contributed by atoms with E-state index in [0.717, 1.165) is 0 Å². The lowest BCUT2D eigenvalue weighted by atomic mass is 10.2. The molecule has 0 N–H and O–H groups in total. The van der Waals surface area contributed by atoms with Gasteiger partial charge in [0.25, 0.3) is 0 Å². The normalized spacial score (nSPS) is 9.31. The van der Waals surface area contributed by atoms with Gasteiger partial charge in [-0.3, -0.25) is 4.79 Å². The minimum atomic E-state index is -0.422. The SMILES string of the molecule is CC(=O)Oc1ccc(C(=O)[S-])cc1.